The molecule has 1 spiro atoms. The fourth-order valence-corrected chi connectivity index (χ4v) is 3.85. The van der Waals surface area contributed by atoms with Gasteiger partial charge in [0.25, 0.3) is 5.91 Å². The molecule has 1 aromatic carbocycles. The maximum absolute atomic E-state index is 12.9. The number of benzene rings is 1. The van der Waals surface area contributed by atoms with Gasteiger partial charge >= 0.3 is 6.03 Å². The lowest BCUT2D eigenvalue weighted by Crippen LogP contribution is -2.50. The van der Waals surface area contributed by atoms with Crippen molar-refractivity contribution in [3.8, 4) is 5.75 Å². The summed E-state index contributed by atoms with van der Waals surface area (Å²) in [5.41, 5.74) is 0.0521. The maximum Gasteiger partial charge on any atom is 0.325 e. The average Bonchev–Trinajstić information content (AvgIpc) is 2.89. The molecule has 1 saturated heterocycles. The molecule has 1 heterocycles. The first-order chi connectivity index (χ1) is 12.9. The van der Waals surface area contributed by atoms with E-state index in [1.807, 2.05) is 24.3 Å². The summed E-state index contributed by atoms with van der Waals surface area (Å²) in [5, 5.41) is 2.85. The highest BCUT2D eigenvalue weighted by Crippen LogP contribution is 2.36. The van der Waals surface area contributed by atoms with Gasteiger partial charge in [-0.1, -0.05) is 25.1 Å². The van der Waals surface area contributed by atoms with Crippen molar-refractivity contribution in [2.45, 2.75) is 44.7 Å². The summed E-state index contributed by atoms with van der Waals surface area (Å²) in [6, 6.07) is 6.99. The Morgan fingerprint density at radius 2 is 1.96 bits per heavy atom. The van der Waals surface area contributed by atoms with E-state index in [1.165, 1.54) is 4.90 Å². The summed E-state index contributed by atoms with van der Waals surface area (Å²) >= 11 is 0. The Kier molecular flexibility index (Phi) is 5.39. The summed E-state index contributed by atoms with van der Waals surface area (Å²) in [4.78, 5) is 40.4. The zero-order valence-corrected chi connectivity index (χ0v) is 16.2. The molecule has 0 radical (unpaired) electrons. The minimum Gasteiger partial charge on any atom is -0.496 e. The molecule has 0 unspecified atom stereocenters. The summed E-state index contributed by atoms with van der Waals surface area (Å²) in [5.74, 6) is 0.703. The number of urea groups is 1. The number of nitrogens with zero attached hydrogens (tertiary/aromatic N) is 2. The van der Waals surface area contributed by atoms with Crippen molar-refractivity contribution in [3.63, 3.8) is 0 Å². The number of para-hydroxylation sites is 1. The Balaban J connectivity index is 1.65. The minimum absolute atomic E-state index is 0.242. The fourth-order valence-electron chi connectivity index (χ4n) is 3.85. The van der Waals surface area contributed by atoms with Gasteiger partial charge in [0, 0.05) is 19.2 Å². The molecule has 0 atom stereocenters. The van der Waals surface area contributed by atoms with E-state index in [0.29, 0.717) is 31.1 Å². The predicted molar refractivity (Wildman–Crippen MR) is 100 cm³/mol. The SMILES string of the molecule is COc1ccccc1CN(C)C(=O)CN1C(=O)NC2(CCC(C)CC2)C1=O. The zero-order chi connectivity index (χ0) is 19.6. The van der Waals surface area contributed by atoms with Gasteiger partial charge in [0.1, 0.15) is 17.8 Å². The van der Waals surface area contributed by atoms with E-state index in [-0.39, 0.29) is 18.4 Å². The average molecular weight is 373 g/mol. The van der Waals surface area contributed by atoms with Crippen LogP contribution in [0.3, 0.4) is 0 Å². The number of amides is 4. The molecule has 4 amide bonds. The summed E-state index contributed by atoms with van der Waals surface area (Å²) in [7, 11) is 3.24. The smallest absolute Gasteiger partial charge is 0.325 e. The number of hydrogen-bond donors (Lipinski definition) is 1. The van der Waals surface area contributed by atoms with Crippen LogP contribution in [0.1, 0.15) is 38.2 Å². The highest BCUT2D eigenvalue weighted by atomic mass is 16.5. The van der Waals surface area contributed by atoms with Crippen LogP contribution < -0.4 is 10.1 Å². The van der Waals surface area contributed by atoms with Gasteiger partial charge < -0.3 is 15.0 Å². The van der Waals surface area contributed by atoms with Gasteiger partial charge in [0.05, 0.1) is 7.11 Å². The molecule has 146 valence electrons. The van der Waals surface area contributed by atoms with Crippen LogP contribution in [0.4, 0.5) is 4.79 Å². The highest BCUT2D eigenvalue weighted by Gasteiger charge is 2.52. The number of carbonyl (C=O) groups excluding carboxylic acids is 3. The number of imide groups is 1. The van der Waals surface area contributed by atoms with Crippen molar-refractivity contribution in [2.75, 3.05) is 20.7 Å². The van der Waals surface area contributed by atoms with Gasteiger partial charge in [-0.3, -0.25) is 14.5 Å². The number of hydrogen-bond acceptors (Lipinski definition) is 4. The first-order valence-electron chi connectivity index (χ1n) is 9.36. The number of nitrogens with one attached hydrogen (secondary N) is 1. The van der Waals surface area contributed by atoms with Crippen LogP contribution in [0, 0.1) is 5.92 Å². The second-order valence-electron chi connectivity index (χ2n) is 7.65. The van der Waals surface area contributed by atoms with Crippen LogP contribution in [-0.4, -0.2) is 53.9 Å². The number of likely N-dealkylation sites (N-methyl/N-ethyl adjacent to an activating group) is 1. The molecule has 0 bridgehead atoms. The fraction of sp³-hybridized carbons (Fsp3) is 0.550. The van der Waals surface area contributed by atoms with Gasteiger partial charge in [-0.2, -0.15) is 0 Å². The van der Waals surface area contributed by atoms with Crippen molar-refractivity contribution in [3.05, 3.63) is 29.8 Å². The zero-order valence-electron chi connectivity index (χ0n) is 16.2. The van der Waals surface area contributed by atoms with Crippen LogP contribution in [0.15, 0.2) is 24.3 Å². The van der Waals surface area contributed by atoms with Gasteiger partial charge in [-0.05, 0) is 37.7 Å². The lowest BCUT2D eigenvalue weighted by molar-refractivity contribution is -0.139. The molecule has 7 heteroatoms. The second kappa shape index (κ2) is 7.58. The molecule has 27 heavy (non-hydrogen) atoms. The largest absolute Gasteiger partial charge is 0.496 e. The van der Waals surface area contributed by atoms with Crippen LogP contribution in [0.5, 0.6) is 5.75 Å². The Hall–Kier alpha value is -2.57. The minimum atomic E-state index is -0.814. The quantitative estimate of drug-likeness (QED) is 0.802. The van der Waals surface area contributed by atoms with E-state index in [0.717, 1.165) is 23.3 Å². The number of methoxy groups -OCH3 is 1. The second-order valence-corrected chi connectivity index (χ2v) is 7.65. The normalized spacial score (nSPS) is 24.9. The molecule has 2 fully saturated rings. The van der Waals surface area contributed by atoms with Crippen LogP contribution in [0.2, 0.25) is 0 Å². The molecular formula is C20H27N3O4. The predicted octanol–water partition coefficient (Wildman–Crippen LogP) is 2.15. The number of ether oxygens (including phenoxy) is 1. The van der Waals surface area contributed by atoms with Gasteiger partial charge in [-0.15, -0.1) is 0 Å². The monoisotopic (exact) mass is 373 g/mol. The van der Waals surface area contributed by atoms with Crippen LogP contribution >= 0.6 is 0 Å². The number of carbonyl (C=O) groups is 3. The molecule has 1 aliphatic heterocycles. The molecule has 1 aromatic rings. The molecule has 7 nitrogen and oxygen atoms in total. The van der Waals surface area contributed by atoms with Gasteiger partial charge in [0.15, 0.2) is 0 Å². The Labute approximate surface area is 159 Å². The van der Waals surface area contributed by atoms with E-state index in [4.69, 9.17) is 4.74 Å². The first kappa shape index (κ1) is 19.2. The molecule has 1 N–H and O–H groups in total. The van der Waals surface area contributed by atoms with Crippen LogP contribution in [0.25, 0.3) is 0 Å². The van der Waals surface area contributed by atoms with Crippen molar-refractivity contribution in [2.24, 2.45) is 5.92 Å². The lowest BCUT2D eigenvalue weighted by atomic mass is 9.77. The van der Waals surface area contributed by atoms with E-state index < -0.39 is 11.6 Å². The van der Waals surface area contributed by atoms with Gasteiger partial charge in [0.2, 0.25) is 5.91 Å². The van der Waals surface area contributed by atoms with Crippen LogP contribution in [-0.2, 0) is 16.1 Å². The van der Waals surface area contributed by atoms with E-state index >= 15 is 0 Å². The summed E-state index contributed by atoms with van der Waals surface area (Å²) < 4.78 is 5.31. The van der Waals surface area contributed by atoms with Crippen molar-refractivity contribution in [1.82, 2.24) is 15.1 Å². The molecule has 2 aliphatic rings. The first-order valence-corrected chi connectivity index (χ1v) is 9.36. The van der Waals surface area contributed by atoms with Crippen molar-refractivity contribution in [1.29, 1.82) is 0 Å². The molecular weight excluding hydrogens is 346 g/mol. The molecule has 3 rings (SSSR count). The Morgan fingerprint density at radius 3 is 2.63 bits per heavy atom. The van der Waals surface area contributed by atoms with Gasteiger partial charge in [-0.25, -0.2) is 4.79 Å². The standard InChI is InChI=1S/C20H27N3O4/c1-14-8-10-20(11-9-14)18(25)23(19(26)21-20)13-17(24)22(2)12-15-6-4-5-7-16(15)27-3/h4-7,14H,8-13H2,1-3H3,(H,21,26). The van der Waals surface area contributed by atoms with Crippen molar-refractivity contribution < 1.29 is 19.1 Å². The lowest BCUT2D eigenvalue weighted by Gasteiger charge is -2.33. The third-order valence-electron chi connectivity index (χ3n) is 5.69. The highest BCUT2D eigenvalue weighted by molar-refractivity contribution is 6.09. The Morgan fingerprint density at radius 1 is 1.30 bits per heavy atom. The Bertz CT molecular complexity index is 740. The third-order valence-corrected chi connectivity index (χ3v) is 5.69. The third kappa shape index (κ3) is 3.77. The van der Waals surface area contributed by atoms with E-state index in [9.17, 15) is 14.4 Å². The summed E-state index contributed by atoms with van der Waals surface area (Å²) in [6.07, 6.45) is 3.09. The maximum atomic E-state index is 12.9. The molecule has 1 aliphatic carbocycles. The summed E-state index contributed by atoms with van der Waals surface area (Å²) in [6.45, 7) is 2.25. The molecule has 0 aromatic heterocycles. The van der Waals surface area contributed by atoms with E-state index in [2.05, 4.69) is 12.2 Å². The number of rotatable bonds is 5. The topological polar surface area (TPSA) is 79.0 Å². The van der Waals surface area contributed by atoms with E-state index in [1.54, 1.807) is 14.2 Å². The van der Waals surface area contributed by atoms with Crippen molar-refractivity contribution >= 4 is 17.8 Å². The molecule has 1 saturated carbocycles.